The van der Waals surface area contributed by atoms with E-state index in [-0.39, 0.29) is 18.0 Å². The Morgan fingerprint density at radius 2 is 1.87 bits per heavy atom. The van der Waals surface area contributed by atoms with E-state index in [1.807, 2.05) is 26.0 Å². The van der Waals surface area contributed by atoms with Crippen LogP contribution in [0.5, 0.6) is 0 Å². The number of aryl methyl sites for hydroxylation is 2. The monoisotopic (exact) mass is 432 g/mol. The molecule has 0 aliphatic heterocycles. The molecule has 0 saturated heterocycles. The maximum Gasteiger partial charge on any atom is 0.293 e. The number of hydrogen-bond acceptors (Lipinski definition) is 6. The van der Waals surface area contributed by atoms with Crippen LogP contribution in [0.1, 0.15) is 17.0 Å². The zero-order chi connectivity index (χ0) is 21.5. The fourth-order valence-electron chi connectivity index (χ4n) is 3.36. The Hall–Kier alpha value is -3.78. The molecule has 0 radical (unpaired) electrons. The predicted octanol–water partition coefficient (Wildman–Crippen LogP) is 3.93. The number of aromatic nitrogens is 6. The molecule has 3 heterocycles. The molecular formula is C22H17ClN6O2. The van der Waals surface area contributed by atoms with Crippen molar-refractivity contribution in [1.29, 1.82) is 0 Å². The third-order valence-corrected chi connectivity index (χ3v) is 5.27. The van der Waals surface area contributed by atoms with Crippen molar-refractivity contribution in [3.63, 3.8) is 0 Å². The van der Waals surface area contributed by atoms with Crippen molar-refractivity contribution in [2.24, 2.45) is 0 Å². The standard InChI is InChI=1S/C22H17ClN6O2/c1-13-3-4-14(2)17(9-13)18-10-19-22(30)28(24-12-29(19)26-18)11-20-25-21(27-31-20)15-5-7-16(23)8-6-15/h3-10,12H,11H2,1-2H3. The van der Waals surface area contributed by atoms with E-state index >= 15 is 0 Å². The van der Waals surface area contributed by atoms with E-state index in [1.54, 1.807) is 30.3 Å². The summed E-state index contributed by atoms with van der Waals surface area (Å²) in [6.07, 6.45) is 1.50. The lowest BCUT2D eigenvalue weighted by Crippen LogP contribution is -2.25. The van der Waals surface area contributed by atoms with Crippen LogP contribution in [0.25, 0.3) is 28.2 Å². The van der Waals surface area contributed by atoms with Crippen LogP contribution in [0.3, 0.4) is 0 Å². The first kappa shape index (κ1) is 19.2. The molecule has 0 saturated carbocycles. The van der Waals surface area contributed by atoms with Crippen molar-refractivity contribution in [3.05, 3.63) is 87.3 Å². The van der Waals surface area contributed by atoms with E-state index in [1.165, 1.54) is 15.5 Å². The minimum Gasteiger partial charge on any atom is -0.337 e. The van der Waals surface area contributed by atoms with E-state index in [9.17, 15) is 4.79 Å². The van der Waals surface area contributed by atoms with Crippen LogP contribution in [-0.4, -0.2) is 29.5 Å². The highest BCUT2D eigenvalue weighted by Crippen LogP contribution is 2.24. The molecule has 8 nitrogen and oxygen atoms in total. The maximum absolute atomic E-state index is 13.0. The van der Waals surface area contributed by atoms with E-state index in [0.717, 1.165) is 27.9 Å². The number of nitrogens with zero attached hydrogens (tertiary/aromatic N) is 6. The van der Waals surface area contributed by atoms with Gasteiger partial charge in [-0.15, -0.1) is 0 Å². The van der Waals surface area contributed by atoms with E-state index in [2.05, 4.69) is 26.4 Å². The Balaban J connectivity index is 1.47. The summed E-state index contributed by atoms with van der Waals surface area (Å²) < 4.78 is 8.08. The third kappa shape index (κ3) is 3.62. The molecule has 31 heavy (non-hydrogen) atoms. The second-order valence-corrected chi connectivity index (χ2v) is 7.73. The third-order valence-electron chi connectivity index (χ3n) is 5.01. The van der Waals surface area contributed by atoms with Crippen molar-refractivity contribution in [2.75, 3.05) is 0 Å². The molecule has 5 rings (SSSR count). The zero-order valence-electron chi connectivity index (χ0n) is 16.8. The van der Waals surface area contributed by atoms with Gasteiger partial charge in [-0.3, -0.25) is 4.79 Å². The summed E-state index contributed by atoms with van der Waals surface area (Å²) in [5.41, 5.74) is 4.81. The normalized spacial score (nSPS) is 11.3. The Morgan fingerprint density at radius 1 is 1.06 bits per heavy atom. The SMILES string of the molecule is Cc1ccc(C)c(-c2cc3c(=O)n(Cc4nc(-c5ccc(Cl)cc5)no4)ncn3n2)c1. The van der Waals surface area contributed by atoms with Gasteiger partial charge in [0.25, 0.3) is 5.56 Å². The van der Waals surface area contributed by atoms with Crippen LogP contribution < -0.4 is 5.56 Å². The van der Waals surface area contributed by atoms with Gasteiger partial charge in [-0.25, -0.2) is 9.20 Å². The minimum absolute atomic E-state index is 0.0555. The van der Waals surface area contributed by atoms with Crippen LogP contribution >= 0.6 is 11.6 Å². The quantitative estimate of drug-likeness (QED) is 0.427. The zero-order valence-corrected chi connectivity index (χ0v) is 17.5. The van der Waals surface area contributed by atoms with Crippen LogP contribution in [0.15, 0.2) is 64.2 Å². The van der Waals surface area contributed by atoms with Gasteiger partial charge >= 0.3 is 0 Å². The topological polar surface area (TPSA) is 91.1 Å². The summed E-state index contributed by atoms with van der Waals surface area (Å²) in [5, 5.41) is 13.3. The highest BCUT2D eigenvalue weighted by molar-refractivity contribution is 6.30. The number of rotatable bonds is 4. The molecule has 5 aromatic rings. The van der Waals surface area contributed by atoms with E-state index in [0.29, 0.717) is 16.4 Å². The van der Waals surface area contributed by atoms with Crippen molar-refractivity contribution >= 4 is 17.1 Å². The molecule has 0 bridgehead atoms. The summed E-state index contributed by atoms with van der Waals surface area (Å²) in [7, 11) is 0. The van der Waals surface area contributed by atoms with Crippen molar-refractivity contribution in [1.82, 2.24) is 29.5 Å². The van der Waals surface area contributed by atoms with Crippen LogP contribution in [0.2, 0.25) is 5.02 Å². The highest BCUT2D eigenvalue weighted by atomic mass is 35.5. The number of hydrogen-bond donors (Lipinski definition) is 0. The smallest absolute Gasteiger partial charge is 0.293 e. The minimum atomic E-state index is -0.294. The molecule has 0 aliphatic rings. The predicted molar refractivity (Wildman–Crippen MR) is 116 cm³/mol. The molecule has 0 unspecified atom stereocenters. The number of fused-ring (bicyclic) bond motifs is 1. The summed E-state index contributed by atoms with van der Waals surface area (Å²) in [5.74, 6) is 0.695. The summed E-state index contributed by atoms with van der Waals surface area (Å²) in [6.45, 7) is 4.10. The van der Waals surface area contributed by atoms with Gasteiger partial charge in [0.15, 0.2) is 0 Å². The number of benzene rings is 2. The largest absolute Gasteiger partial charge is 0.337 e. The molecule has 0 aliphatic carbocycles. The molecule has 9 heteroatoms. The van der Waals surface area contributed by atoms with Gasteiger partial charge in [-0.05, 0) is 55.8 Å². The Kier molecular flexibility index (Phi) is 4.63. The Labute approximate surface area is 181 Å². The first-order chi connectivity index (χ1) is 15.0. The fraction of sp³-hybridized carbons (Fsp3) is 0.136. The van der Waals surface area contributed by atoms with E-state index < -0.39 is 0 Å². The van der Waals surface area contributed by atoms with Crippen molar-refractivity contribution in [3.8, 4) is 22.6 Å². The van der Waals surface area contributed by atoms with Crippen LogP contribution in [0.4, 0.5) is 0 Å². The molecule has 2 aromatic carbocycles. The van der Waals surface area contributed by atoms with E-state index in [4.69, 9.17) is 16.1 Å². The molecule has 0 spiro atoms. The van der Waals surface area contributed by atoms with Gasteiger partial charge in [-0.1, -0.05) is 34.5 Å². The molecule has 0 atom stereocenters. The Bertz CT molecular complexity index is 1470. The first-order valence-corrected chi connectivity index (χ1v) is 9.97. The molecule has 0 fully saturated rings. The second-order valence-electron chi connectivity index (χ2n) is 7.29. The lowest BCUT2D eigenvalue weighted by molar-refractivity contribution is 0.362. The molecule has 154 valence electrons. The van der Waals surface area contributed by atoms with Crippen LogP contribution in [0, 0.1) is 13.8 Å². The lowest BCUT2D eigenvalue weighted by Gasteiger charge is -2.03. The molecular weight excluding hydrogens is 416 g/mol. The average Bonchev–Trinajstić information content (AvgIpc) is 3.40. The second kappa shape index (κ2) is 7.48. The van der Waals surface area contributed by atoms with Gasteiger partial charge in [-0.2, -0.15) is 15.2 Å². The average molecular weight is 433 g/mol. The van der Waals surface area contributed by atoms with Gasteiger partial charge in [0, 0.05) is 16.1 Å². The molecule has 0 N–H and O–H groups in total. The fourth-order valence-corrected chi connectivity index (χ4v) is 3.48. The van der Waals surface area contributed by atoms with Crippen LogP contribution in [-0.2, 0) is 6.54 Å². The van der Waals surface area contributed by atoms with Crippen molar-refractivity contribution in [2.45, 2.75) is 20.4 Å². The summed E-state index contributed by atoms with van der Waals surface area (Å²) >= 11 is 5.92. The summed E-state index contributed by atoms with van der Waals surface area (Å²) in [6, 6.07) is 15.0. The summed E-state index contributed by atoms with van der Waals surface area (Å²) in [4.78, 5) is 17.3. The molecule has 0 amide bonds. The maximum atomic E-state index is 13.0. The van der Waals surface area contributed by atoms with Gasteiger partial charge < -0.3 is 4.52 Å². The van der Waals surface area contributed by atoms with Gasteiger partial charge in [0.1, 0.15) is 18.4 Å². The van der Waals surface area contributed by atoms with Crippen molar-refractivity contribution < 1.29 is 4.52 Å². The number of halogens is 1. The first-order valence-electron chi connectivity index (χ1n) is 9.59. The van der Waals surface area contributed by atoms with Gasteiger partial charge in [0.2, 0.25) is 11.7 Å². The lowest BCUT2D eigenvalue weighted by atomic mass is 10.0. The highest BCUT2D eigenvalue weighted by Gasteiger charge is 2.15. The molecule has 3 aromatic heterocycles. The van der Waals surface area contributed by atoms with Gasteiger partial charge in [0.05, 0.1) is 5.69 Å². The Morgan fingerprint density at radius 3 is 2.68 bits per heavy atom.